The number of amides is 2. The Hall–Kier alpha value is -4.45. The van der Waals surface area contributed by atoms with E-state index in [1.165, 1.54) is 30.2 Å². The molecule has 0 radical (unpaired) electrons. The van der Waals surface area contributed by atoms with Crippen LogP contribution in [0.2, 0.25) is 4.34 Å². The number of aromatic nitrogens is 3. The summed E-state index contributed by atoms with van der Waals surface area (Å²) in [4.78, 5) is 49.7. The smallest absolute Gasteiger partial charge is 0.276 e. The summed E-state index contributed by atoms with van der Waals surface area (Å²) in [6.45, 7) is 0.775. The predicted molar refractivity (Wildman–Crippen MR) is 169 cm³/mol. The second-order valence-corrected chi connectivity index (χ2v) is 13.7. The van der Waals surface area contributed by atoms with Gasteiger partial charge in [-0.1, -0.05) is 28.1 Å². The lowest BCUT2D eigenvalue weighted by atomic mass is 10.0. The summed E-state index contributed by atoms with van der Waals surface area (Å²) >= 11 is 9.94. The van der Waals surface area contributed by atoms with Crippen LogP contribution >= 0.6 is 46.0 Å². The van der Waals surface area contributed by atoms with Crippen LogP contribution in [0.3, 0.4) is 0 Å². The number of nitrogens with one attached hydrogen (secondary N) is 2. The number of aliphatic carboxylic acids is 1. The Labute approximate surface area is 272 Å². The number of fused-ring (bicyclic) bond motifs is 2. The van der Waals surface area contributed by atoms with Gasteiger partial charge < -0.3 is 36.1 Å². The number of pyridine rings is 1. The molecule has 0 spiro atoms. The Balaban J connectivity index is 1.21. The third-order valence-corrected chi connectivity index (χ3v) is 10.5. The van der Waals surface area contributed by atoms with Gasteiger partial charge in [0.05, 0.1) is 18.2 Å². The fourth-order valence-electron chi connectivity index (χ4n) is 5.15. The maximum absolute atomic E-state index is 13.2. The second kappa shape index (κ2) is 12.2. The lowest BCUT2D eigenvalue weighted by Crippen LogP contribution is -2.71. The van der Waals surface area contributed by atoms with E-state index in [0.29, 0.717) is 17.7 Å². The van der Waals surface area contributed by atoms with E-state index in [2.05, 4.69) is 20.0 Å². The van der Waals surface area contributed by atoms with Crippen LogP contribution in [-0.4, -0.2) is 68.1 Å². The van der Waals surface area contributed by atoms with Crippen molar-refractivity contribution in [2.45, 2.75) is 24.5 Å². The minimum Gasteiger partial charge on any atom is -0.543 e. The number of anilines is 1. The van der Waals surface area contributed by atoms with Crippen LogP contribution in [0.1, 0.15) is 16.1 Å². The zero-order valence-corrected chi connectivity index (χ0v) is 26.6. The number of thiazole rings is 1. The first-order chi connectivity index (χ1) is 21.5. The number of oxime groups is 1. The zero-order valence-electron chi connectivity index (χ0n) is 23.4. The molecule has 0 aliphatic carbocycles. The van der Waals surface area contributed by atoms with Crippen LogP contribution in [0.15, 0.2) is 58.6 Å². The van der Waals surface area contributed by atoms with Crippen molar-refractivity contribution < 1.29 is 28.9 Å². The first-order valence-corrected chi connectivity index (χ1v) is 16.3. The number of carboxylic acid groups (broad SMARTS) is 1. The van der Waals surface area contributed by atoms with Crippen LogP contribution in [0.5, 0.6) is 0 Å². The molecule has 2 atom stereocenters. The van der Waals surface area contributed by atoms with Gasteiger partial charge in [-0.2, -0.15) is 4.57 Å². The van der Waals surface area contributed by atoms with Crippen LogP contribution < -0.4 is 26.5 Å². The highest BCUT2D eigenvalue weighted by Gasteiger charge is 2.53. The van der Waals surface area contributed by atoms with Crippen LogP contribution in [0.25, 0.3) is 10.9 Å². The number of nitrogen functional groups attached to an aromatic ring is 2. The quantitative estimate of drug-likeness (QED) is 0.0600. The number of nitrogens with zero attached hydrogens (tertiary/aromatic N) is 5. The van der Waals surface area contributed by atoms with Crippen molar-refractivity contribution in [1.82, 2.24) is 19.8 Å². The standard InChI is InChI=1S/C27H24ClN9O5S3/c1-42-34-18(17-21(28)45-27(31)33-17)23(38)32-19-24(39)37-20(26(40)41)14(11-44-25(19)37)7-35-4-2-12-3-5-36(16(12)9-35)8-15-6-13(10-43-15)22(29)30/h2-6,9-10,19,25H,7-8,11H2,1H3,(H6-,29,30,31,32,33,38,40,41)/t19-,25-/m1/s1. The van der Waals surface area contributed by atoms with Gasteiger partial charge in [0.25, 0.3) is 11.8 Å². The average molecular weight is 686 g/mol. The zero-order chi connectivity index (χ0) is 32.0. The van der Waals surface area contributed by atoms with E-state index in [9.17, 15) is 19.5 Å². The molecule has 4 aromatic heterocycles. The monoisotopic (exact) mass is 685 g/mol. The molecule has 6 rings (SSSR count). The van der Waals surface area contributed by atoms with Gasteiger partial charge in [0.2, 0.25) is 0 Å². The molecular formula is C27H24ClN9O5S3. The average Bonchev–Trinajstić information content (AvgIpc) is 3.73. The normalized spacial score (nSPS) is 18.1. The topological polar surface area (TPSA) is 209 Å². The van der Waals surface area contributed by atoms with Crippen LogP contribution in [0.4, 0.5) is 5.13 Å². The Morgan fingerprint density at radius 3 is 2.84 bits per heavy atom. The number of carboxylic acids is 1. The molecule has 6 N–H and O–H groups in total. The number of amidine groups is 1. The van der Waals surface area contributed by atoms with Gasteiger partial charge in [-0.05, 0) is 12.1 Å². The number of hydrogen-bond acceptors (Lipinski definition) is 12. The van der Waals surface area contributed by atoms with Gasteiger partial charge in [0, 0.05) is 44.8 Å². The molecule has 6 heterocycles. The van der Waals surface area contributed by atoms with E-state index in [0.717, 1.165) is 32.0 Å². The number of carbonyl (C=O) groups excluding carboxylic acids is 3. The van der Waals surface area contributed by atoms with E-state index in [4.69, 9.17) is 33.3 Å². The summed E-state index contributed by atoms with van der Waals surface area (Å²) in [5.74, 6) is -2.56. The Morgan fingerprint density at radius 1 is 1.38 bits per heavy atom. The molecule has 2 aliphatic heterocycles. The highest BCUT2D eigenvalue weighted by molar-refractivity contribution is 8.00. The van der Waals surface area contributed by atoms with Crippen molar-refractivity contribution in [1.29, 1.82) is 5.41 Å². The van der Waals surface area contributed by atoms with Crippen molar-refractivity contribution in [2.75, 3.05) is 18.6 Å². The largest absolute Gasteiger partial charge is 0.543 e. The maximum atomic E-state index is 13.2. The molecule has 4 aromatic rings. The van der Waals surface area contributed by atoms with Crippen LogP contribution in [-0.2, 0) is 32.3 Å². The Bertz CT molecular complexity index is 1950. The summed E-state index contributed by atoms with van der Waals surface area (Å²) in [5.41, 5.74) is 12.9. The van der Waals surface area contributed by atoms with E-state index < -0.39 is 29.2 Å². The number of thioether (sulfide) groups is 1. The molecule has 0 unspecified atom stereocenters. The molecular weight excluding hydrogens is 662 g/mol. The molecule has 18 heteroatoms. The minimum absolute atomic E-state index is 0.00684. The number of carbonyl (C=O) groups is 3. The highest BCUT2D eigenvalue weighted by Crippen LogP contribution is 2.40. The lowest BCUT2D eigenvalue weighted by molar-refractivity contribution is -0.687. The van der Waals surface area contributed by atoms with Crippen molar-refractivity contribution in [3.8, 4) is 0 Å². The minimum atomic E-state index is -1.48. The third-order valence-electron chi connectivity index (χ3n) is 7.19. The molecule has 2 amide bonds. The number of hydrogen-bond donors (Lipinski definition) is 4. The third kappa shape index (κ3) is 5.74. The van der Waals surface area contributed by atoms with Crippen molar-refractivity contribution in [2.24, 2.45) is 10.9 Å². The lowest BCUT2D eigenvalue weighted by Gasteiger charge is -2.50. The highest BCUT2D eigenvalue weighted by atomic mass is 35.5. The molecule has 45 heavy (non-hydrogen) atoms. The molecule has 14 nitrogen and oxygen atoms in total. The number of halogens is 1. The van der Waals surface area contributed by atoms with Crippen molar-refractivity contribution in [3.63, 3.8) is 0 Å². The molecule has 0 bridgehead atoms. The van der Waals surface area contributed by atoms with Gasteiger partial charge in [0.15, 0.2) is 29.8 Å². The van der Waals surface area contributed by atoms with Gasteiger partial charge in [-0.15, -0.1) is 23.1 Å². The van der Waals surface area contributed by atoms with E-state index in [1.54, 1.807) is 0 Å². The fraction of sp³-hybridized carbons (Fsp3) is 0.222. The summed E-state index contributed by atoms with van der Waals surface area (Å²) < 4.78 is 4.03. The number of rotatable bonds is 10. The first kappa shape index (κ1) is 30.6. The summed E-state index contributed by atoms with van der Waals surface area (Å²) in [5, 5.41) is 28.6. The van der Waals surface area contributed by atoms with E-state index in [-0.39, 0.29) is 44.7 Å². The summed E-state index contributed by atoms with van der Waals surface area (Å²) in [6.07, 6.45) is 5.72. The Kier molecular flexibility index (Phi) is 8.25. The molecule has 1 fully saturated rings. The summed E-state index contributed by atoms with van der Waals surface area (Å²) in [7, 11) is 1.24. The van der Waals surface area contributed by atoms with Crippen molar-refractivity contribution in [3.05, 3.63) is 73.9 Å². The SMILES string of the molecule is CON=C(C(=O)N[C@@H]1C(=O)N2C(C(=O)[O-])=C(C[n+]3ccc4ccn(Cc5cc(C(=N)N)cs5)c4c3)CS[C@H]12)c1nc(N)sc1Cl. The molecule has 1 saturated heterocycles. The number of thiophene rings is 1. The van der Waals surface area contributed by atoms with Crippen molar-refractivity contribution >= 4 is 91.4 Å². The first-order valence-electron chi connectivity index (χ1n) is 13.2. The summed E-state index contributed by atoms with van der Waals surface area (Å²) in [6, 6.07) is 4.78. The fourth-order valence-corrected chi connectivity index (χ4v) is 8.29. The molecule has 0 aromatic carbocycles. The maximum Gasteiger partial charge on any atom is 0.276 e. The van der Waals surface area contributed by atoms with Gasteiger partial charge >= 0.3 is 0 Å². The second-order valence-electron chi connectivity index (χ2n) is 10.0. The molecule has 232 valence electrons. The molecule has 2 aliphatic rings. The number of β-lactam (4-membered cyclic amide) rings is 1. The van der Waals surface area contributed by atoms with Crippen LogP contribution in [0, 0.1) is 5.41 Å². The van der Waals surface area contributed by atoms with E-state index >= 15 is 0 Å². The Morgan fingerprint density at radius 2 is 2.18 bits per heavy atom. The molecule has 0 saturated carbocycles. The van der Waals surface area contributed by atoms with Gasteiger partial charge in [-0.3, -0.25) is 19.9 Å². The van der Waals surface area contributed by atoms with E-state index in [1.807, 2.05) is 46.7 Å². The van der Waals surface area contributed by atoms with Gasteiger partial charge in [0.1, 0.15) is 39.9 Å². The van der Waals surface area contributed by atoms with Gasteiger partial charge in [-0.25, -0.2) is 4.98 Å². The number of nitrogens with two attached hydrogens (primary N) is 2. The predicted octanol–water partition coefficient (Wildman–Crippen LogP) is 0.469.